The minimum absolute atomic E-state index is 0.0955. The maximum atomic E-state index is 6.38. The molecule has 2 heteroatoms. The monoisotopic (exact) mass is 238 g/mol. The van der Waals surface area contributed by atoms with Crippen molar-refractivity contribution in [2.24, 2.45) is 16.7 Å². The van der Waals surface area contributed by atoms with Crippen LogP contribution >= 0.6 is 11.8 Å². The van der Waals surface area contributed by atoms with Crippen LogP contribution < -0.4 is 0 Å². The summed E-state index contributed by atoms with van der Waals surface area (Å²) in [5.74, 6) is 1.95. The molecule has 4 atom stereocenters. The summed E-state index contributed by atoms with van der Waals surface area (Å²) in [6, 6.07) is 0. The van der Waals surface area contributed by atoms with Crippen LogP contribution in [0.5, 0.6) is 0 Å². The molecule has 0 unspecified atom stereocenters. The zero-order valence-corrected chi connectivity index (χ0v) is 11.4. The molecule has 2 aliphatic carbocycles. The van der Waals surface area contributed by atoms with Gasteiger partial charge < -0.3 is 4.74 Å². The van der Waals surface area contributed by atoms with Crippen molar-refractivity contribution < 1.29 is 4.74 Å². The SMILES string of the molecule is C=C[C@@H]1CS[C@@]2(C[C@H]3CC[C@]2(C)C3(C)C)O1. The second-order valence-corrected chi connectivity index (χ2v) is 7.73. The molecule has 1 spiro atoms. The topological polar surface area (TPSA) is 9.23 Å². The third-order valence-electron chi connectivity index (χ3n) is 5.88. The fourth-order valence-electron chi connectivity index (χ4n) is 4.23. The van der Waals surface area contributed by atoms with Gasteiger partial charge in [-0.25, -0.2) is 0 Å². The second-order valence-electron chi connectivity index (χ2n) is 6.45. The Morgan fingerprint density at radius 1 is 1.38 bits per heavy atom. The Morgan fingerprint density at radius 3 is 2.56 bits per heavy atom. The molecule has 2 bridgehead atoms. The predicted octanol–water partition coefficient (Wildman–Crippen LogP) is 3.85. The van der Waals surface area contributed by atoms with Crippen molar-refractivity contribution in [1.29, 1.82) is 0 Å². The third kappa shape index (κ3) is 1.04. The molecule has 3 aliphatic rings. The molecule has 0 aromatic heterocycles. The van der Waals surface area contributed by atoms with E-state index < -0.39 is 0 Å². The maximum absolute atomic E-state index is 6.38. The third-order valence-corrected chi connectivity index (χ3v) is 7.55. The molecular formula is C14H22OS. The van der Waals surface area contributed by atoms with Gasteiger partial charge in [0.2, 0.25) is 0 Å². The van der Waals surface area contributed by atoms with Crippen molar-refractivity contribution in [3.05, 3.63) is 12.7 Å². The lowest BCUT2D eigenvalue weighted by molar-refractivity contribution is -0.0773. The first-order valence-corrected chi connectivity index (χ1v) is 7.38. The van der Waals surface area contributed by atoms with Crippen molar-refractivity contribution in [3.8, 4) is 0 Å². The summed E-state index contributed by atoms with van der Waals surface area (Å²) in [6.07, 6.45) is 6.24. The van der Waals surface area contributed by atoms with E-state index in [1.807, 2.05) is 6.08 Å². The first kappa shape index (κ1) is 11.2. The predicted molar refractivity (Wildman–Crippen MR) is 69.5 cm³/mol. The summed E-state index contributed by atoms with van der Waals surface area (Å²) in [4.78, 5) is 0.0955. The summed E-state index contributed by atoms with van der Waals surface area (Å²) in [6.45, 7) is 11.2. The van der Waals surface area contributed by atoms with E-state index in [1.165, 1.54) is 19.3 Å². The van der Waals surface area contributed by atoms with Crippen LogP contribution in [0.3, 0.4) is 0 Å². The molecule has 90 valence electrons. The molecule has 3 rings (SSSR count). The first-order chi connectivity index (χ1) is 7.45. The normalized spacial score (nSPS) is 53.7. The average molecular weight is 238 g/mol. The largest absolute Gasteiger partial charge is 0.356 e. The molecule has 0 radical (unpaired) electrons. The van der Waals surface area contributed by atoms with Gasteiger partial charge in [0.15, 0.2) is 0 Å². The zero-order valence-electron chi connectivity index (χ0n) is 10.6. The Balaban J connectivity index is 1.98. The van der Waals surface area contributed by atoms with Crippen LogP contribution in [0.2, 0.25) is 0 Å². The fraction of sp³-hybridized carbons (Fsp3) is 0.857. The van der Waals surface area contributed by atoms with Crippen LogP contribution in [0, 0.1) is 16.7 Å². The van der Waals surface area contributed by atoms with E-state index in [0.717, 1.165) is 11.7 Å². The van der Waals surface area contributed by atoms with E-state index in [-0.39, 0.29) is 11.0 Å². The summed E-state index contributed by atoms with van der Waals surface area (Å²) < 4.78 is 6.38. The van der Waals surface area contributed by atoms with Gasteiger partial charge in [-0.1, -0.05) is 26.8 Å². The van der Waals surface area contributed by atoms with Crippen molar-refractivity contribution >= 4 is 11.8 Å². The van der Waals surface area contributed by atoms with E-state index in [1.54, 1.807) is 0 Å². The van der Waals surface area contributed by atoms with Crippen LogP contribution in [-0.4, -0.2) is 16.8 Å². The number of thioether (sulfide) groups is 1. The standard InChI is InChI=1S/C14H22OS/c1-5-11-9-16-14(15-11)8-10-6-7-13(14,4)12(10,2)3/h5,10-11H,1,6-9H2,2-4H3/t10-,11-,13-,14-/m1/s1. The van der Waals surface area contributed by atoms with Crippen molar-refractivity contribution in [2.75, 3.05) is 5.75 Å². The quantitative estimate of drug-likeness (QED) is 0.642. The molecule has 0 aromatic carbocycles. The summed E-state index contributed by atoms with van der Waals surface area (Å²) in [7, 11) is 0. The van der Waals surface area contributed by atoms with Gasteiger partial charge in [-0.2, -0.15) is 0 Å². The summed E-state index contributed by atoms with van der Waals surface area (Å²) >= 11 is 2.06. The highest BCUT2D eigenvalue weighted by Gasteiger charge is 2.71. The molecule has 0 aromatic rings. The Bertz CT molecular complexity index is 338. The Morgan fingerprint density at radius 2 is 2.12 bits per heavy atom. The molecule has 3 fully saturated rings. The van der Waals surface area contributed by atoms with E-state index in [9.17, 15) is 0 Å². The number of hydrogen-bond acceptors (Lipinski definition) is 2. The van der Waals surface area contributed by atoms with E-state index in [0.29, 0.717) is 10.8 Å². The lowest BCUT2D eigenvalue weighted by Gasteiger charge is -2.45. The zero-order chi connectivity index (χ0) is 11.6. The van der Waals surface area contributed by atoms with Crippen LogP contribution in [0.15, 0.2) is 12.7 Å². The summed E-state index contributed by atoms with van der Waals surface area (Å²) in [5.41, 5.74) is 0.795. The number of ether oxygens (including phenoxy) is 1. The maximum Gasteiger partial charge on any atom is 0.120 e. The van der Waals surface area contributed by atoms with Crippen LogP contribution in [0.1, 0.15) is 40.0 Å². The lowest BCUT2D eigenvalue weighted by atomic mass is 9.69. The molecule has 1 aliphatic heterocycles. The second kappa shape index (κ2) is 3.08. The highest BCUT2D eigenvalue weighted by molar-refractivity contribution is 8.00. The average Bonchev–Trinajstić information content (AvgIpc) is 2.79. The van der Waals surface area contributed by atoms with Gasteiger partial charge in [-0.3, -0.25) is 0 Å². The van der Waals surface area contributed by atoms with Gasteiger partial charge in [0, 0.05) is 11.2 Å². The Hall–Kier alpha value is 0.0500. The van der Waals surface area contributed by atoms with Gasteiger partial charge >= 0.3 is 0 Å². The van der Waals surface area contributed by atoms with E-state index in [4.69, 9.17) is 4.74 Å². The number of rotatable bonds is 1. The van der Waals surface area contributed by atoms with Gasteiger partial charge in [0.05, 0.1) is 6.10 Å². The van der Waals surface area contributed by atoms with Crippen LogP contribution in [0.25, 0.3) is 0 Å². The lowest BCUT2D eigenvalue weighted by Crippen LogP contribution is -2.45. The minimum atomic E-state index is 0.0955. The van der Waals surface area contributed by atoms with E-state index >= 15 is 0 Å². The Kier molecular flexibility index (Phi) is 2.15. The smallest absolute Gasteiger partial charge is 0.120 e. The number of hydrogen-bond donors (Lipinski definition) is 0. The van der Waals surface area contributed by atoms with E-state index in [2.05, 4.69) is 39.1 Å². The molecule has 2 saturated carbocycles. The van der Waals surface area contributed by atoms with Crippen molar-refractivity contribution in [2.45, 2.75) is 51.1 Å². The van der Waals surface area contributed by atoms with Gasteiger partial charge in [-0.05, 0) is 30.6 Å². The highest BCUT2D eigenvalue weighted by Crippen LogP contribution is 2.74. The summed E-state index contributed by atoms with van der Waals surface area (Å²) in [5, 5.41) is 0. The minimum Gasteiger partial charge on any atom is -0.356 e. The Labute approximate surface area is 103 Å². The molecular weight excluding hydrogens is 216 g/mol. The van der Waals surface area contributed by atoms with Crippen molar-refractivity contribution in [3.63, 3.8) is 0 Å². The van der Waals surface area contributed by atoms with Crippen molar-refractivity contribution in [1.82, 2.24) is 0 Å². The van der Waals surface area contributed by atoms with Gasteiger partial charge in [0.1, 0.15) is 4.93 Å². The molecule has 0 N–H and O–H groups in total. The molecule has 1 heterocycles. The molecule has 1 saturated heterocycles. The van der Waals surface area contributed by atoms with Crippen LogP contribution in [-0.2, 0) is 4.74 Å². The molecule has 1 nitrogen and oxygen atoms in total. The fourth-order valence-corrected chi connectivity index (χ4v) is 6.06. The molecule has 16 heavy (non-hydrogen) atoms. The van der Waals surface area contributed by atoms with Gasteiger partial charge in [0.25, 0.3) is 0 Å². The van der Waals surface area contributed by atoms with Crippen LogP contribution in [0.4, 0.5) is 0 Å². The number of fused-ring (bicyclic) bond motifs is 3. The highest BCUT2D eigenvalue weighted by atomic mass is 32.2. The van der Waals surface area contributed by atoms with Gasteiger partial charge in [-0.15, -0.1) is 18.3 Å². The molecule has 0 amide bonds. The first-order valence-electron chi connectivity index (χ1n) is 6.39.